The van der Waals surface area contributed by atoms with Gasteiger partial charge in [-0.05, 0) is 117 Å². The van der Waals surface area contributed by atoms with E-state index in [0.717, 1.165) is 98.2 Å². The second-order valence-electron chi connectivity index (χ2n) is 12.3. The maximum absolute atomic E-state index is 13.2. The van der Waals surface area contributed by atoms with Gasteiger partial charge < -0.3 is 14.6 Å². The molecule has 0 amide bonds. The maximum atomic E-state index is 13.2. The number of unbranched alkanes of at least 4 members (excludes halogenated alkanes) is 1. The highest BCUT2D eigenvalue weighted by Crippen LogP contribution is 2.34. The van der Waals surface area contributed by atoms with Crippen LogP contribution in [0.15, 0.2) is 84.9 Å². The average molecular weight is 653 g/mol. The first-order valence-corrected chi connectivity index (χ1v) is 17.1. The van der Waals surface area contributed by atoms with Gasteiger partial charge in [0.2, 0.25) is 0 Å². The predicted molar refractivity (Wildman–Crippen MR) is 184 cm³/mol. The van der Waals surface area contributed by atoms with Gasteiger partial charge in [0.1, 0.15) is 23.9 Å². The van der Waals surface area contributed by atoms with Crippen molar-refractivity contribution in [2.24, 2.45) is 0 Å². The molecule has 1 aliphatic rings. The largest absolute Gasteiger partial charge is 0.489 e. The predicted octanol–water partition coefficient (Wildman–Crippen LogP) is 7.94. The number of para-hydroxylation sites is 1. The number of carbonyl (C=O) groups is 2. The lowest BCUT2D eigenvalue weighted by Crippen LogP contribution is -2.34. The zero-order chi connectivity index (χ0) is 33.7. The summed E-state index contributed by atoms with van der Waals surface area (Å²) in [4.78, 5) is 30.5. The monoisotopic (exact) mass is 652 g/mol. The number of hydrogen-bond acceptors (Lipinski definition) is 6. The molecule has 48 heavy (non-hydrogen) atoms. The lowest BCUT2D eigenvalue weighted by Gasteiger charge is -2.36. The topological polar surface area (TPSA) is 89.0 Å². The highest BCUT2D eigenvalue weighted by atomic mass is 19.1. The number of pyridine rings is 1. The van der Waals surface area contributed by atoms with Crippen molar-refractivity contribution in [1.29, 1.82) is 0 Å². The zero-order valence-electron chi connectivity index (χ0n) is 27.7. The number of aromatic carboxylic acids is 1. The van der Waals surface area contributed by atoms with Crippen molar-refractivity contribution in [3.05, 3.63) is 130 Å². The quantitative estimate of drug-likeness (QED) is 0.0915. The number of hydrogen-bond donors (Lipinski definition) is 1. The van der Waals surface area contributed by atoms with E-state index in [1.54, 1.807) is 6.07 Å². The van der Waals surface area contributed by atoms with E-state index in [9.17, 15) is 19.1 Å². The van der Waals surface area contributed by atoms with Crippen LogP contribution < -0.4 is 4.74 Å². The van der Waals surface area contributed by atoms with Crippen LogP contribution in [0.4, 0.5) is 4.39 Å². The Labute approximate surface area is 282 Å². The summed E-state index contributed by atoms with van der Waals surface area (Å²) in [5, 5.41) is 9.49. The number of esters is 1. The molecule has 0 spiro atoms. The molecule has 1 N–H and O–H groups in total. The van der Waals surface area contributed by atoms with Gasteiger partial charge >= 0.3 is 11.9 Å². The first-order chi connectivity index (χ1) is 23.4. The third-order valence-corrected chi connectivity index (χ3v) is 8.97. The highest BCUT2D eigenvalue weighted by Gasteiger charge is 2.27. The lowest BCUT2D eigenvalue weighted by molar-refractivity contribution is -0.143. The second kappa shape index (κ2) is 17.6. The smallest absolute Gasteiger partial charge is 0.354 e. The third-order valence-electron chi connectivity index (χ3n) is 8.97. The van der Waals surface area contributed by atoms with Crippen LogP contribution in [-0.4, -0.2) is 46.6 Å². The van der Waals surface area contributed by atoms with Gasteiger partial charge in [-0.1, -0.05) is 60.7 Å². The number of halogens is 1. The first kappa shape index (κ1) is 34.8. The fraction of sp³-hybridized carbons (Fsp3) is 0.375. The molecule has 1 heterocycles. The van der Waals surface area contributed by atoms with E-state index in [1.165, 1.54) is 17.7 Å². The minimum atomic E-state index is -1.01. The average Bonchev–Trinajstić information content (AvgIpc) is 3.10. The van der Waals surface area contributed by atoms with Crippen LogP contribution in [-0.2, 0) is 41.8 Å². The minimum Gasteiger partial charge on any atom is -0.489 e. The SMILES string of the molecule is CCOC(=O)CCCCN(CCc1ccccc1OCc1ccc(CCc2ccc(F)cc2)cc1)C1CCCc2nc(C(=O)O)ccc21. The van der Waals surface area contributed by atoms with E-state index in [4.69, 9.17) is 9.47 Å². The van der Waals surface area contributed by atoms with Gasteiger partial charge in [0.05, 0.1) is 6.61 Å². The maximum Gasteiger partial charge on any atom is 0.354 e. The molecule has 0 fully saturated rings. The molecule has 1 aliphatic carbocycles. The number of carboxylic acid groups (broad SMARTS) is 1. The molecule has 3 aromatic carbocycles. The van der Waals surface area contributed by atoms with Crippen molar-refractivity contribution in [3.63, 3.8) is 0 Å². The summed E-state index contributed by atoms with van der Waals surface area (Å²) in [5.41, 5.74) is 6.61. The summed E-state index contributed by atoms with van der Waals surface area (Å²) in [6.45, 7) is 4.26. The van der Waals surface area contributed by atoms with Crippen molar-refractivity contribution in [3.8, 4) is 5.75 Å². The zero-order valence-corrected chi connectivity index (χ0v) is 27.7. The van der Waals surface area contributed by atoms with Crippen LogP contribution >= 0.6 is 0 Å². The molecule has 0 aliphatic heterocycles. The van der Waals surface area contributed by atoms with Crippen LogP contribution in [0, 0.1) is 5.82 Å². The number of ether oxygens (including phenoxy) is 2. The van der Waals surface area contributed by atoms with Crippen molar-refractivity contribution in [2.45, 2.75) is 77.4 Å². The molecule has 5 rings (SSSR count). The molecule has 0 saturated carbocycles. The Balaban J connectivity index is 1.22. The molecular weight excluding hydrogens is 607 g/mol. The molecule has 0 bridgehead atoms. The lowest BCUT2D eigenvalue weighted by atomic mass is 9.89. The Morgan fingerprint density at radius 1 is 0.875 bits per heavy atom. The van der Waals surface area contributed by atoms with E-state index >= 15 is 0 Å². The van der Waals surface area contributed by atoms with Crippen LogP contribution in [0.3, 0.4) is 0 Å². The summed E-state index contributed by atoms with van der Waals surface area (Å²) >= 11 is 0. The number of aryl methyl sites for hydroxylation is 3. The molecule has 1 unspecified atom stereocenters. The summed E-state index contributed by atoms with van der Waals surface area (Å²) in [6.07, 6.45) is 7.21. The van der Waals surface area contributed by atoms with E-state index < -0.39 is 5.97 Å². The third kappa shape index (κ3) is 9.97. The number of nitrogens with zero attached hydrogens (tertiary/aromatic N) is 2. The van der Waals surface area contributed by atoms with E-state index in [-0.39, 0.29) is 23.5 Å². The number of carboxylic acids is 1. The Morgan fingerprint density at radius 3 is 2.31 bits per heavy atom. The van der Waals surface area contributed by atoms with Crippen molar-refractivity contribution in [2.75, 3.05) is 19.7 Å². The van der Waals surface area contributed by atoms with Gasteiger partial charge in [-0.3, -0.25) is 9.69 Å². The van der Waals surface area contributed by atoms with Gasteiger partial charge in [0.25, 0.3) is 0 Å². The van der Waals surface area contributed by atoms with E-state index in [2.05, 4.69) is 40.2 Å². The standard InChI is InChI=1S/C40H45FN2O5/c1-2-47-39(44)12-5-6-26-43(37-10-7-9-35-34(37)23-24-36(42-35)40(45)46)27-25-32-8-3-4-11-38(32)48-28-31-17-15-29(16-18-31)13-14-30-19-21-33(41)22-20-30/h3-4,8,11,15-24,37H,2,5-7,9-10,12-14,25-28H2,1H3,(H,45,46). The van der Waals surface area contributed by atoms with E-state index in [0.29, 0.717) is 19.6 Å². The Morgan fingerprint density at radius 2 is 1.58 bits per heavy atom. The molecule has 252 valence electrons. The molecule has 0 saturated heterocycles. The normalized spacial score (nSPS) is 14.0. The Hall–Kier alpha value is -4.56. The van der Waals surface area contributed by atoms with Crippen molar-refractivity contribution >= 4 is 11.9 Å². The van der Waals surface area contributed by atoms with Crippen LogP contribution in [0.2, 0.25) is 0 Å². The van der Waals surface area contributed by atoms with Crippen molar-refractivity contribution < 1.29 is 28.6 Å². The number of fused-ring (bicyclic) bond motifs is 1. The molecule has 8 heteroatoms. The fourth-order valence-corrected chi connectivity index (χ4v) is 6.39. The van der Waals surface area contributed by atoms with Gasteiger partial charge in [0.15, 0.2) is 0 Å². The first-order valence-electron chi connectivity index (χ1n) is 17.1. The highest BCUT2D eigenvalue weighted by molar-refractivity contribution is 5.85. The van der Waals surface area contributed by atoms with E-state index in [1.807, 2.05) is 43.3 Å². The number of carbonyl (C=O) groups excluding carboxylic acids is 1. The van der Waals surface area contributed by atoms with Crippen LogP contribution in [0.1, 0.15) is 89.1 Å². The van der Waals surface area contributed by atoms with Gasteiger partial charge in [-0.25, -0.2) is 14.2 Å². The minimum absolute atomic E-state index is 0.0844. The summed E-state index contributed by atoms with van der Waals surface area (Å²) in [5.74, 6) is -0.528. The molecule has 1 atom stereocenters. The van der Waals surface area contributed by atoms with Gasteiger partial charge in [-0.2, -0.15) is 0 Å². The molecule has 4 aromatic rings. The number of aromatic nitrogens is 1. The fourth-order valence-electron chi connectivity index (χ4n) is 6.39. The number of benzene rings is 3. The van der Waals surface area contributed by atoms with Crippen LogP contribution in [0.5, 0.6) is 5.75 Å². The van der Waals surface area contributed by atoms with Crippen molar-refractivity contribution in [1.82, 2.24) is 9.88 Å². The molecular formula is C40H45FN2O5. The summed E-state index contributed by atoms with van der Waals surface area (Å²) in [7, 11) is 0. The van der Waals surface area contributed by atoms with Gasteiger partial charge in [-0.15, -0.1) is 0 Å². The molecule has 1 aromatic heterocycles. The second-order valence-corrected chi connectivity index (χ2v) is 12.3. The van der Waals surface area contributed by atoms with Gasteiger partial charge in [0, 0.05) is 24.7 Å². The molecule has 0 radical (unpaired) electrons. The summed E-state index contributed by atoms with van der Waals surface area (Å²) in [6, 6.07) is 27.0. The number of rotatable bonds is 17. The molecule has 7 nitrogen and oxygen atoms in total. The Bertz CT molecular complexity index is 1640. The summed E-state index contributed by atoms with van der Waals surface area (Å²) < 4.78 is 24.7. The van der Waals surface area contributed by atoms with Crippen LogP contribution in [0.25, 0.3) is 0 Å². The Kier molecular flexibility index (Phi) is 12.7.